The first-order valence-electron chi connectivity index (χ1n) is 6.87. The maximum absolute atomic E-state index is 12.3. The molecule has 0 aliphatic carbocycles. The fourth-order valence-electron chi connectivity index (χ4n) is 2.33. The van der Waals surface area contributed by atoms with E-state index in [1.807, 2.05) is 25.7 Å². The first-order valence-corrected chi connectivity index (χ1v) is 6.87. The van der Waals surface area contributed by atoms with Gasteiger partial charge >= 0.3 is 0 Å². The Morgan fingerprint density at radius 3 is 3.00 bits per heavy atom. The second-order valence-electron chi connectivity index (χ2n) is 6.15. The van der Waals surface area contributed by atoms with Crippen LogP contribution < -0.4 is 5.32 Å². The lowest BCUT2D eigenvalue weighted by molar-refractivity contribution is -0.120. The molecule has 1 fully saturated rings. The minimum Gasteiger partial charge on any atom is -0.359 e. The minimum atomic E-state index is -0.166. The summed E-state index contributed by atoms with van der Waals surface area (Å²) in [6, 6.07) is 1.61. The van der Waals surface area contributed by atoms with E-state index in [1.165, 1.54) is 0 Å². The Morgan fingerprint density at radius 2 is 2.40 bits per heavy atom. The lowest BCUT2D eigenvalue weighted by atomic mass is 9.93. The van der Waals surface area contributed by atoms with Crippen LogP contribution in [-0.4, -0.2) is 35.1 Å². The number of likely N-dealkylation sites (tertiary alicyclic amines) is 1. The van der Waals surface area contributed by atoms with Crippen LogP contribution >= 0.6 is 0 Å². The van der Waals surface area contributed by atoms with Gasteiger partial charge in [-0.2, -0.15) is 0 Å². The first kappa shape index (κ1) is 14.6. The SMILES string of the molecule is C#CCN1CCC[C@H]1C(=O)Nc1cc(C(C)(C)C)on1. The third kappa shape index (κ3) is 3.20. The Morgan fingerprint density at radius 1 is 1.65 bits per heavy atom. The number of amides is 1. The van der Waals surface area contributed by atoms with Crippen molar-refractivity contribution in [3.63, 3.8) is 0 Å². The normalized spacial score (nSPS) is 19.8. The zero-order valence-corrected chi connectivity index (χ0v) is 12.3. The van der Waals surface area contributed by atoms with E-state index >= 15 is 0 Å². The van der Waals surface area contributed by atoms with Crippen LogP contribution in [0.25, 0.3) is 0 Å². The fraction of sp³-hybridized carbons (Fsp3) is 0.600. The highest BCUT2D eigenvalue weighted by Crippen LogP contribution is 2.25. The number of carbonyl (C=O) groups excluding carboxylic acids is 1. The van der Waals surface area contributed by atoms with E-state index in [2.05, 4.69) is 16.4 Å². The van der Waals surface area contributed by atoms with Crippen molar-refractivity contribution in [1.29, 1.82) is 0 Å². The molecule has 5 heteroatoms. The molecule has 108 valence electrons. The predicted molar refractivity (Wildman–Crippen MR) is 77.3 cm³/mol. The van der Waals surface area contributed by atoms with E-state index in [0.29, 0.717) is 12.4 Å². The molecular weight excluding hydrogens is 254 g/mol. The second kappa shape index (κ2) is 5.68. The van der Waals surface area contributed by atoms with E-state index in [-0.39, 0.29) is 17.4 Å². The molecule has 0 radical (unpaired) electrons. The summed E-state index contributed by atoms with van der Waals surface area (Å²) in [6.45, 7) is 7.47. The van der Waals surface area contributed by atoms with Gasteiger partial charge in [0.2, 0.25) is 5.91 Å². The topological polar surface area (TPSA) is 58.4 Å². The van der Waals surface area contributed by atoms with Crippen molar-refractivity contribution in [1.82, 2.24) is 10.1 Å². The summed E-state index contributed by atoms with van der Waals surface area (Å²) in [5, 5.41) is 6.71. The lowest BCUT2D eigenvalue weighted by Crippen LogP contribution is -2.39. The number of terminal acetylenes is 1. The number of carbonyl (C=O) groups is 1. The van der Waals surface area contributed by atoms with Crippen molar-refractivity contribution in [3.05, 3.63) is 11.8 Å². The van der Waals surface area contributed by atoms with Gasteiger partial charge in [-0.15, -0.1) is 6.42 Å². The highest BCUT2D eigenvalue weighted by atomic mass is 16.5. The van der Waals surface area contributed by atoms with Gasteiger partial charge in [0.25, 0.3) is 0 Å². The number of nitrogens with one attached hydrogen (secondary N) is 1. The summed E-state index contributed by atoms with van der Waals surface area (Å²) in [5.41, 5.74) is -0.126. The smallest absolute Gasteiger partial charge is 0.243 e. The highest BCUT2D eigenvalue weighted by molar-refractivity contribution is 5.94. The molecular formula is C15H21N3O2. The van der Waals surface area contributed by atoms with E-state index in [1.54, 1.807) is 6.07 Å². The van der Waals surface area contributed by atoms with Crippen LogP contribution in [-0.2, 0) is 10.2 Å². The summed E-state index contributed by atoms with van der Waals surface area (Å²) < 4.78 is 5.26. The Balaban J connectivity index is 2.01. The van der Waals surface area contributed by atoms with Gasteiger partial charge in [-0.05, 0) is 19.4 Å². The third-order valence-electron chi connectivity index (χ3n) is 3.46. The summed E-state index contributed by atoms with van der Waals surface area (Å²) in [5.74, 6) is 3.75. The van der Waals surface area contributed by atoms with Gasteiger partial charge in [-0.1, -0.05) is 31.8 Å². The van der Waals surface area contributed by atoms with Crippen LogP contribution in [0.3, 0.4) is 0 Å². The van der Waals surface area contributed by atoms with Crippen molar-refractivity contribution in [2.24, 2.45) is 0 Å². The largest absolute Gasteiger partial charge is 0.359 e. The number of aromatic nitrogens is 1. The Labute approximate surface area is 119 Å². The van der Waals surface area contributed by atoms with Gasteiger partial charge in [0.15, 0.2) is 5.82 Å². The van der Waals surface area contributed by atoms with E-state index < -0.39 is 0 Å². The molecule has 0 unspecified atom stereocenters. The summed E-state index contributed by atoms with van der Waals surface area (Å²) in [6.07, 6.45) is 7.15. The van der Waals surface area contributed by atoms with Gasteiger partial charge in [-0.3, -0.25) is 9.69 Å². The van der Waals surface area contributed by atoms with Crippen molar-refractivity contribution in [3.8, 4) is 12.3 Å². The van der Waals surface area contributed by atoms with Gasteiger partial charge in [0.1, 0.15) is 5.76 Å². The summed E-state index contributed by atoms with van der Waals surface area (Å²) >= 11 is 0. The fourth-order valence-corrected chi connectivity index (χ4v) is 2.33. The molecule has 1 saturated heterocycles. The van der Waals surface area contributed by atoms with Crippen LogP contribution in [0.1, 0.15) is 39.4 Å². The van der Waals surface area contributed by atoms with E-state index in [9.17, 15) is 4.79 Å². The van der Waals surface area contributed by atoms with E-state index in [0.717, 1.165) is 25.1 Å². The molecule has 1 atom stereocenters. The average Bonchev–Trinajstić information content (AvgIpc) is 2.97. The van der Waals surface area contributed by atoms with Crippen LogP contribution in [0.2, 0.25) is 0 Å². The van der Waals surface area contributed by atoms with Crippen molar-refractivity contribution in [2.45, 2.75) is 45.1 Å². The minimum absolute atomic E-state index is 0.0634. The predicted octanol–water partition coefficient (Wildman–Crippen LogP) is 2.01. The average molecular weight is 275 g/mol. The molecule has 1 amide bonds. The third-order valence-corrected chi connectivity index (χ3v) is 3.46. The summed E-state index contributed by atoms with van der Waals surface area (Å²) in [4.78, 5) is 14.3. The molecule has 20 heavy (non-hydrogen) atoms. The maximum Gasteiger partial charge on any atom is 0.243 e. The van der Waals surface area contributed by atoms with Crippen LogP contribution in [0.5, 0.6) is 0 Å². The summed E-state index contributed by atoms with van der Waals surface area (Å²) in [7, 11) is 0. The van der Waals surface area contributed by atoms with Crippen molar-refractivity contribution < 1.29 is 9.32 Å². The van der Waals surface area contributed by atoms with Crippen molar-refractivity contribution >= 4 is 11.7 Å². The zero-order valence-electron chi connectivity index (χ0n) is 12.3. The quantitative estimate of drug-likeness (QED) is 0.857. The molecule has 0 saturated carbocycles. The molecule has 0 spiro atoms. The van der Waals surface area contributed by atoms with Crippen LogP contribution in [0.4, 0.5) is 5.82 Å². The molecule has 2 rings (SSSR count). The number of anilines is 1. The molecule has 0 bridgehead atoms. The van der Waals surface area contributed by atoms with Crippen LogP contribution in [0.15, 0.2) is 10.6 Å². The molecule has 1 aliphatic heterocycles. The number of nitrogens with zero attached hydrogens (tertiary/aromatic N) is 2. The molecule has 0 aromatic carbocycles. The highest BCUT2D eigenvalue weighted by Gasteiger charge is 2.30. The Bertz CT molecular complexity index is 522. The Hall–Kier alpha value is -1.80. The second-order valence-corrected chi connectivity index (χ2v) is 6.15. The van der Waals surface area contributed by atoms with Gasteiger partial charge in [0, 0.05) is 11.5 Å². The molecule has 1 aliphatic rings. The maximum atomic E-state index is 12.3. The van der Waals surface area contributed by atoms with Crippen LogP contribution in [0, 0.1) is 12.3 Å². The van der Waals surface area contributed by atoms with Crippen molar-refractivity contribution in [2.75, 3.05) is 18.4 Å². The monoisotopic (exact) mass is 275 g/mol. The van der Waals surface area contributed by atoms with Gasteiger partial charge in [-0.25, -0.2) is 0 Å². The zero-order chi connectivity index (χ0) is 14.8. The van der Waals surface area contributed by atoms with E-state index in [4.69, 9.17) is 10.9 Å². The number of hydrogen-bond acceptors (Lipinski definition) is 4. The van der Waals surface area contributed by atoms with Gasteiger partial charge < -0.3 is 9.84 Å². The lowest BCUT2D eigenvalue weighted by Gasteiger charge is -2.20. The molecule has 1 N–H and O–H groups in total. The number of hydrogen-bond donors (Lipinski definition) is 1. The molecule has 1 aromatic rings. The molecule has 1 aromatic heterocycles. The molecule has 2 heterocycles. The Kier molecular flexibility index (Phi) is 4.15. The number of rotatable bonds is 3. The van der Waals surface area contributed by atoms with Gasteiger partial charge in [0.05, 0.1) is 12.6 Å². The first-order chi connectivity index (χ1) is 9.41. The standard InChI is InChI=1S/C15H21N3O2/c1-5-8-18-9-6-7-11(18)14(19)16-13-10-12(20-17-13)15(2,3)4/h1,10-11H,6-9H2,2-4H3,(H,16,17,19)/t11-/m0/s1. The molecule has 5 nitrogen and oxygen atoms in total.